The van der Waals surface area contributed by atoms with Crippen molar-refractivity contribution in [3.63, 3.8) is 0 Å². The van der Waals surface area contributed by atoms with Crippen molar-refractivity contribution in [3.8, 4) is 5.75 Å². The predicted molar refractivity (Wildman–Crippen MR) is 69.0 cm³/mol. The number of rotatable bonds is 7. The van der Waals surface area contributed by atoms with Gasteiger partial charge in [-0.3, -0.25) is 0 Å². The van der Waals surface area contributed by atoms with Crippen molar-refractivity contribution in [1.82, 2.24) is 5.32 Å². The molecule has 16 heavy (non-hydrogen) atoms. The quantitative estimate of drug-likeness (QED) is 0.763. The largest absolute Gasteiger partial charge is 0.492 e. The lowest BCUT2D eigenvalue weighted by atomic mass is 10.2. The number of likely N-dealkylation sites (N-methyl/N-ethyl adjacent to an activating group) is 1. The number of hydrogen-bond acceptors (Lipinski definition) is 2. The van der Waals surface area contributed by atoms with Gasteiger partial charge in [0.2, 0.25) is 0 Å². The molecule has 0 amide bonds. The number of hydrogen-bond donors (Lipinski definition) is 1. The maximum Gasteiger partial charge on any atom is 0.119 e. The molecule has 1 rings (SSSR count). The van der Waals surface area contributed by atoms with E-state index in [0.29, 0.717) is 6.04 Å². The van der Waals surface area contributed by atoms with E-state index < -0.39 is 0 Å². The molecule has 0 aliphatic heterocycles. The smallest absolute Gasteiger partial charge is 0.119 e. The minimum Gasteiger partial charge on any atom is -0.492 e. The fraction of sp³-hybridized carbons (Fsp3) is 0.571. The zero-order valence-corrected chi connectivity index (χ0v) is 10.6. The van der Waals surface area contributed by atoms with Gasteiger partial charge in [0.25, 0.3) is 0 Å². The van der Waals surface area contributed by atoms with E-state index in [2.05, 4.69) is 38.2 Å². The highest BCUT2D eigenvalue weighted by atomic mass is 16.5. The molecule has 1 unspecified atom stereocenters. The molecule has 0 heterocycles. The fourth-order valence-electron chi connectivity index (χ4n) is 1.78. The Hall–Kier alpha value is -1.02. The molecular formula is C14H23NO. The third kappa shape index (κ3) is 4.67. The average molecular weight is 221 g/mol. The van der Waals surface area contributed by atoms with E-state index >= 15 is 0 Å². The van der Waals surface area contributed by atoms with Crippen LogP contribution in [0.2, 0.25) is 0 Å². The highest BCUT2D eigenvalue weighted by Gasteiger charge is 2.06. The van der Waals surface area contributed by atoms with Gasteiger partial charge < -0.3 is 10.1 Å². The third-order valence-electron chi connectivity index (χ3n) is 2.57. The van der Waals surface area contributed by atoms with Crippen LogP contribution in [0, 0.1) is 6.92 Å². The summed E-state index contributed by atoms with van der Waals surface area (Å²) in [6.45, 7) is 8.18. The van der Waals surface area contributed by atoms with Crippen molar-refractivity contribution in [2.75, 3.05) is 13.2 Å². The highest BCUT2D eigenvalue weighted by molar-refractivity contribution is 5.27. The maximum atomic E-state index is 5.79. The van der Waals surface area contributed by atoms with Crippen LogP contribution in [-0.2, 0) is 0 Å². The van der Waals surface area contributed by atoms with E-state index in [1.807, 2.05) is 12.1 Å². The summed E-state index contributed by atoms with van der Waals surface area (Å²) in [5.74, 6) is 0.971. The highest BCUT2D eigenvalue weighted by Crippen LogP contribution is 2.13. The van der Waals surface area contributed by atoms with Gasteiger partial charge in [-0.2, -0.15) is 0 Å². The summed E-state index contributed by atoms with van der Waals surface area (Å²) in [4.78, 5) is 0. The number of aryl methyl sites for hydroxylation is 1. The molecule has 0 fully saturated rings. The molecule has 0 aliphatic rings. The number of benzene rings is 1. The predicted octanol–water partition coefficient (Wildman–Crippen LogP) is 3.15. The van der Waals surface area contributed by atoms with Crippen LogP contribution in [0.15, 0.2) is 24.3 Å². The van der Waals surface area contributed by atoms with Gasteiger partial charge >= 0.3 is 0 Å². The van der Waals surface area contributed by atoms with Crippen LogP contribution in [0.5, 0.6) is 5.75 Å². The molecule has 0 aliphatic carbocycles. The van der Waals surface area contributed by atoms with Crippen molar-refractivity contribution in [3.05, 3.63) is 29.8 Å². The van der Waals surface area contributed by atoms with Crippen molar-refractivity contribution in [2.45, 2.75) is 39.7 Å². The molecule has 0 saturated heterocycles. The zero-order valence-electron chi connectivity index (χ0n) is 10.6. The summed E-state index contributed by atoms with van der Waals surface area (Å²) in [5, 5.41) is 3.44. The minimum atomic E-state index is 0.468. The second kappa shape index (κ2) is 7.29. The van der Waals surface area contributed by atoms with Gasteiger partial charge in [0.1, 0.15) is 12.4 Å². The van der Waals surface area contributed by atoms with E-state index in [1.54, 1.807) is 0 Å². The van der Waals surface area contributed by atoms with Crippen molar-refractivity contribution in [2.24, 2.45) is 0 Å². The number of nitrogens with one attached hydrogen (secondary N) is 1. The van der Waals surface area contributed by atoms with E-state index in [9.17, 15) is 0 Å². The summed E-state index contributed by atoms with van der Waals surface area (Å²) in [6.07, 6.45) is 2.36. The monoisotopic (exact) mass is 221 g/mol. The van der Waals surface area contributed by atoms with Crippen LogP contribution < -0.4 is 10.1 Å². The van der Waals surface area contributed by atoms with Gasteiger partial charge in [-0.05, 0) is 37.6 Å². The van der Waals surface area contributed by atoms with Gasteiger partial charge in [0.05, 0.1) is 0 Å². The Morgan fingerprint density at radius 3 is 2.75 bits per heavy atom. The maximum absolute atomic E-state index is 5.79. The Balaban J connectivity index is 2.41. The molecule has 2 heteroatoms. The van der Waals surface area contributed by atoms with Crippen LogP contribution in [0.3, 0.4) is 0 Å². The Labute approximate surface area is 99.0 Å². The Bertz CT molecular complexity index is 293. The van der Waals surface area contributed by atoms with Crippen LogP contribution in [0.25, 0.3) is 0 Å². The second-order valence-corrected chi connectivity index (χ2v) is 4.17. The third-order valence-corrected chi connectivity index (χ3v) is 2.57. The first kappa shape index (κ1) is 13.0. The normalized spacial score (nSPS) is 12.4. The van der Waals surface area contributed by atoms with Crippen LogP contribution in [0.4, 0.5) is 0 Å². The van der Waals surface area contributed by atoms with Crippen LogP contribution >= 0.6 is 0 Å². The second-order valence-electron chi connectivity index (χ2n) is 4.17. The van der Waals surface area contributed by atoms with Gasteiger partial charge in [-0.15, -0.1) is 0 Å². The van der Waals surface area contributed by atoms with E-state index in [4.69, 9.17) is 4.74 Å². The summed E-state index contributed by atoms with van der Waals surface area (Å²) < 4.78 is 5.79. The molecule has 0 saturated carbocycles. The molecule has 0 radical (unpaired) electrons. The minimum absolute atomic E-state index is 0.468. The Morgan fingerprint density at radius 1 is 1.31 bits per heavy atom. The molecule has 1 atom stereocenters. The SMILES string of the molecule is CCCC(COc1cccc(C)c1)NCC. The summed E-state index contributed by atoms with van der Waals surface area (Å²) in [7, 11) is 0. The summed E-state index contributed by atoms with van der Waals surface area (Å²) in [6, 6.07) is 8.68. The van der Waals surface area contributed by atoms with E-state index in [0.717, 1.165) is 18.9 Å². The first-order chi connectivity index (χ1) is 7.76. The van der Waals surface area contributed by atoms with E-state index in [1.165, 1.54) is 18.4 Å². The topological polar surface area (TPSA) is 21.3 Å². The lowest BCUT2D eigenvalue weighted by Crippen LogP contribution is -2.34. The lowest BCUT2D eigenvalue weighted by molar-refractivity contribution is 0.257. The number of ether oxygens (including phenoxy) is 1. The first-order valence-corrected chi connectivity index (χ1v) is 6.19. The standard InChI is InChI=1S/C14H23NO/c1-4-7-13(15-5-2)11-16-14-9-6-8-12(3)10-14/h6,8-10,13,15H,4-5,7,11H2,1-3H3. The van der Waals surface area contributed by atoms with Gasteiger partial charge in [-0.25, -0.2) is 0 Å². The molecule has 0 bridgehead atoms. The summed E-state index contributed by atoms with van der Waals surface area (Å²) >= 11 is 0. The molecule has 1 aromatic carbocycles. The molecule has 1 aromatic rings. The lowest BCUT2D eigenvalue weighted by Gasteiger charge is -2.17. The summed E-state index contributed by atoms with van der Waals surface area (Å²) in [5.41, 5.74) is 1.24. The molecule has 2 nitrogen and oxygen atoms in total. The van der Waals surface area contributed by atoms with Gasteiger partial charge in [0.15, 0.2) is 0 Å². The van der Waals surface area contributed by atoms with Crippen molar-refractivity contribution in [1.29, 1.82) is 0 Å². The average Bonchev–Trinajstić information content (AvgIpc) is 2.27. The molecule has 0 aromatic heterocycles. The van der Waals surface area contributed by atoms with Crippen molar-refractivity contribution >= 4 is 0 Å². The van der Waals surface area contributed by atoms with Crippen molar-refractivity contribution < 1.29 is 4.74 Å². The first-order valence-electron chi connectivity index (χ1n) is 6.19. The van der Waals surface area contributed by atoms with Crippen LogP contribution in [-0.4, -0.2) is 19.2 Å². The van der Waals surface area contributed by atoms with Crippen LogP contribution in [0.1, 0.15) is 32.3 Å². The Morgan fingerprint density at radius 2 is 2.12 bits per heavy atom. The molecule has 0 spiro atoms. The van der Waals surface area contributed by atoms with E-state index in [-0.39, 0.29) is 0 Å². The van der Waals surface area contributed by atoms with Gasteiger partial charge in [0, 0.05) is 6.04 Å². The zero-order chi connectivity index (χ0) is 11.8. The fourth-order valence-corrected chi connectivity index (χ4v) is 1.78. The molecule has 90 valence electrons. The molecular weight excluding hydrogens is 198 g/mol. The molecule has 1 N–H and O–H groups in total. The Kier molecular flexibility index (Phi) is 5.94. The van der Waals surface area contributed by atoms with Gasteiger partial charge in [-0.1, -0.05) is 32.4 Å².